The number of allylic oxidation sites excluding steroid dienone is 2. The molecule has 0 saturated carbocycles. The largest absolute Gasteiger partial charge is 0.390 e. The van der Waals surface area contributed by atoms with Gasteiger partial charge < -0.3 is 20.5 Å². The first-order valence-electron chi connectivity index (χ1n) is 12.0. The number of rotatable bonds is 11. The van der Waals surface area contributed by atoms with Crippen LogP contribution in [0.3, 0.4) is 0 Å². The van der Waals surface area contributed by atoms with Gasteiger partial charge in [0.05, 0.1) is 5.52 Å². The maximum Gasteiger partial charge on any atom is 0.0737 e. The molecule has 1 fully saturated rings. The molecule has 180 valence electrons. The van der Waals surface area contributed by atoms with Gasteiger partial charge in [-0.1, -0.05) is 24.3 Å². The number of likely N-dealkylation sites (N-methyl/N-ethyl adjacent to an activating group) is 1. The van der Waals surface area contributed by atoms with E-state index in [-0.39, 0.29) is 0 Å². The van der Waals surface area contributed by atoms with E-state index in [1.165, 1.54) is 24.2 Å². The molecule has 34 heavy (non-hydrogen) atoms. The molecular weight excluding hydrogens is 444 g/mol. The van der Waals surface area contributed by atoms with Crippen LogP contribution in [0.5, 0.6) is 0 Å². The number of fused-ring (bicyclic) bond motifs is 1. The van der Waals surface area contributed by atoms with Crippen LogP contribution in [0.4, 0.5) is 5.69 Å². The normalized spacial score (nSPS) is 15.7. The predicted molar refractivity (Wildman–Crippen MR) is 143 cm³/mol. The predicted octanol–water partition coefficient (Wildman–Crippen LogP) is 4.88. The van der Waals surface area contributed by atoms with Gasteiger partial charge in [-0.2, -0.15) is 0 Å². The van der Waals surface area contributed by atoms with Crippen LogP contribution < -0.4 is 10.6 Å². The number of pyridine rings is 1. The van der Waals surface area contributed by atoms with Crippen LogP contribution in [-0.2, 0) is 6.54 Å². The average Bonchev–Trinajstić information content (AvgIpc) is 3.37. The maximum atomic E-state index is 6.12. The molecule has 6 nitrogen and oxygen atoms in total. The van der Waals surface area contributed by atoms with E-state index in [1.54, 1.807) is 0 Å². The van der Waals surface area contributed by atoms with Crippen molar-refractivity contribution in [3.8, 4) is 0 Å². The molecule has 3 heterocycles. The van der Waals surface area contributed by atoms with Gasteiger partial charge in [-0.05, 0) is 68.4 Å². The van der Waals surface area contributed by atoms with Gasteiger partial charge in [-0.3, -0.25) is 9.88 Å². The zero-order chi connectivity index (χ0) is 23.8. The maximum absolute atomic E-state index is 6.12. The third kappa shape index (κ3) is 6.41. The summed E-state index contributed by atoms with van der Waals surface area (Å²) in [6.45, 7) is 9.84. The number of benzene rings is 1. The van der Waals surface area contributed by atoms with Gasteiger partial charge in [0.15, 0.2) is 0 Å². The van der Waals surface area contributed by atoms with Gasteiger partial charge in [-0.15, -0.1) is 0 Å². The molecule has 3 N–H and O–H groups in total. The highest BCUT2D eigenvalue weighted by atomic mass is 35.5. The average molecular weight is 479 g/mol. The quantitative estimate of drug-likeness (QED) is 0.343. The van der Waals surface area contributed by atoms with Crippen LogP contribution in [0, 0.1) is 0 Å². The monoisotopic (exact) mass is 478 g/mol. The Morgan fingerprint density at radius 3 is 2.88 bits per heavy atom. The van der Waals surface area contributed by atoms with Gasteiger partial charge in [0.1, 0.15) is 0 Å². The highest BCUT2D eigenvalue weighted by molar-refractivity contribution is 6.31. The fourth-order valence-corrected chi connectivity index (χ4v) is 4.87. The molecule has 0 radical (unpaired) electrons. The molecular formula is C27H35ClN6. The summed E-state index contributed by atoms with van der Waals surface area (Å²) in [5.41, 5.74) is 4.49. The van der Waals surface area contributed by atoms with E-state index < -0.39 is 0 Å². The summed E-state index contributed by atoms with van der Waals surface area (Å²) in [5, 5.41) is 8.75. The zero-order valence-corrected chi connectivity index (χ0v) is 20.7. The van der Waals surface area contributed by atoms with Crippen molar-refractivity contribution in [2.24, 2.45) is 0 Å². The summed E-state index contributed by atoms with van der Waals surface area (Å²) in [6.07, 6.45) is 10.1. The van der Waals surface area contributed by atoms with E-state index >= 15 is 0 Å². The molecule has 0 amide bonds. The van der Waals surface area contributed by atoms with Crippen molar-refractivity contribution in [1.82, 2.24) is 25.1 Å². The molecule has 0 bridgehead atoms. The van der Waals surface area contributed by atoms with E-state index in [4.69, 9.17) is 11.6 Å². The molecule has 4 rings (SSSR count). The Morgan fingerprint density at radius 1 is 1.29 bits per heavy atom. The number of nitrogens with zero attached hydrogens (tertiary/aromatic N) is 3. The number of likely N-dealkylation sites (tertiary alicyclic amines) is 1. The summed E-state index contributed by atoms with van der Waals surface area (Å²) >= 11 is 6.12. The Bertz CT molecular complexity index is 1090. The summed E-state index contributed by atoms with van der Waals surface area (Å²) in [7, 11) is 1.98. The number of hydrogen-bond acceptors (Lipinski definition) is 5. The van der Waals surface area contributed by atoms with Crippen molar-refractivity contribution in [2.45, 2.75) is 25.4 Å². The molecule has 1 aromatic carbocycles. The molecule has 1 aliphatic heterocycles. The minimum absolute atomic E-state index is 0.558. The standard InChI is InChI=1S/C27H35ClN6/c1-3-5-22(29-2)19-34(20-23-6-4-12-30-23)24-10-15-33(16-11-24)17-14-32-26-9-13-31-27-18-21(28)7-8-25(26)27/h3-9,12-13,18,24,29-30H,1,10-11,14-17,19-20H2,2H3,(H,31,32)/b22-5-. The first kappa shape index (κ1) is 24.3. The SMILES string of the molecule is C=C/C=C(/CN(Cc1ccc[nH]1)C1CCN(CCNc2ccnc3cc(Cl)ccc23)CC1)NC. The van der Waals surface area contributed by atoms with Gasteiger partial charge in [0, 0.05) is 79.1 Å². The number of nitrogens with one attached hydrogen (secondary N) is 3. The number of aromatic nitrogens is 2. The van der Waals surface area contributed by atoms with Gasteiger partial charge >= 0.3 is 0 Å². The Labute approximate surface area is 207 Å². The van der Waals surface area contributed by atoms with Crippen LogP contribution in [-0.4, -0.2) is 65.6 Å². The first-order valence-corrected chi connectivity index (χ1v) is 12.4. The van der Waals surface area contributed by atoms with Crippen molar-refractivity contribution < 1.29 is 0 Å². The molecule has 0 atom stereocenters. The van der Waals surface area contributed by atoms with Crippen LogP contribution in [0.1, 0.15) is 18.5 Å². The van der Waals surface area contributed by atoms with E-state index in [0.29, 0.717) is 11.1 Å². The van der Waals surface area contributed by atoms with E-state index in [9.17, 15) is 0 Å². The second-order valence-corrected chi connectivity index (χ2v) is 9.23. The van der Waals surface area contributed by atoms with E-state index in [0.717, 1.165) is 55.9 Å². The Hall–Kier alpha value is -2.80. The Morgan fingerprint density at radius 2 is 2.15 bits per heavy atom. The number of anilines is 1. The molecule has 3 aromatic rings. The molecule has 1 saturated heterocycles. The lowest BCUT2D eigenvalue weighted by atomic mass is 10.0. The second kappa shape index (κ2) is 12.1. The lowest BCUT2D eigenvalue weighted by Crippen LogP contribution is -2.46. The van der Waals surface area contributed by atoms with Crippen LogP contribution >= 0.6 is 11.6 Å². The summed E-state index contributed by atoms with van der Waals surface area (Å²) in [5.74, 6) is 0. The molecule has 7 heteroatoms. The molecule has 0 aliphatic carbocycles. The third-order valence-electron chi connectivity index (χ3n) is 6.57. The fourth-order valence-electron chi connectivity index (χ4n) is 4.71. The smallest absolute Gasteiger partial charge is 0.0737 e. The fraction of sp³-hybridized carbons (Fsp3) is 0.370. The molecule has 2 aromatic heterocycles. The van der Waals surface area contributed by atoms with Gasteiger partial charge in [0.25, 0.3) is 0 Å². The first-order chi connectivity index (χ1) is 16.7. The number of hydrogen-bond donors (Lipinski definition) is 3. The van der Waals surface area contributed by atoms with Crippen LogP contribution in [0.2, 0.25) is 5.02 Å². The number of halogens is 1. The lowest BCUT2D eigenvalue weighted by molar-refractivity contribution is 0.110. The second-order valence-electron chi connectivity index (χ2n) is 8.80. The van der Waals surface area contributed by atoms with Gasteiger partial charge in [-0.25, -0.2) is 0 Å². The molecule has 0 spiro atoms. The van der Waals surface area contributed by atoms with E-state index in [2.05, 4.69) is 55.2 Å². The number of H-pyrrole nitrogens is 1. The Balaban J connectivity index is 1.30. The minimum atomic E-state index is 0.558. The lowest BCUT2D eigenvalue weighted by Gasteiger charge is -2.39. The minimum Gasteiger partial charge on any atom is -0.390 e. The summed E-state index contributed by atoms with van der Waals surface area (Å²) in [6, 6.07) is 12.7. The third-order valence-corrected chi connectivity index (χ3v) is 6.81. The summed E-state index contributed by atoms with van der Waals surface area (Å²) < 4.78 is 0. The van der Waals surface area contributed by atoms with Crippen molar-refractivity contribution in [2.75, 3.05) is 45.1 Å². The van der Waals surface area contributed by atoms with Crippen molar-refractivity contribution in [3.05, 3.63) is 83.9 Å². The topological polar surface area (TPSA) is 59.2 Å². The Kier molecular flexibility index (Phi) is 8.63. The highest BCUT2D eigenvalue weighted by Crippen LogP contribution is 2.24. The zero-order valence-electron chi connectivity index (χ0n) is 19.9. The van der Waals surface area contributed by atoms with Crippen LogP contribution in [0.25, 0.3) is 10.9 Å². The van der Waals surface area contributed by atoms with Crippen molar-refractivity contribution in [3.63, 3.8) is 0 Å². The molecule has 1 aliphatic rings. The van der Waals surface area contributed by atoms with Gasteiger partial charge in [0.2, 0.25) is 0 Å². The summed E-state index contributed by atoms with van der Waals surface area (Å²) in [4.78, 5) is 12.9. The van der Waals surface area contributed by atoms with Crippen LogP contribution in [0.15, 0.2) is 73.2 Å². The van der Waals surface area contributed by atoms with E-state index in [1.807, 2.05) is 49.8 Å². The highest BCUT2D eigenvalue weighted by Gasteiger charge is 2.25. The number of aromatic amines is 1. The molecule has 0 unspecified atom stereocenters. The number of piperidine rings is 1. The van der Waals surface area contributed by atoms with Crippen molar-refractivity contribution >= 4 is 28.2 Å². The van der Waals surface area contributed by atoms with Crippen molar-refractivity contribution in [1.29, 1.82) is 0 Å².